The van der Waals surface area contributed by atoms with Crippen LogP contribution in [0, 0.1) is 0 Å². The lowest BCUT2D eigenvalue weighted by Crippen LogP contribution is -2.47. The minimum Gasteiger partial charge on any atom is -0.480 e. The van der Waals surface area contributed by atoms with Crippen molar-refractivity contribution in [3.8, 4) is 0 Å². The third-order valence-corrected chi connectivity index (χ3v) is 2.22. The maximum atomic E-state index is 11.5. The largest absolute Gasteiger partial charge is 0.480 e. The number of nitrogens with one attached hydrogen (secondary N) is 1. The number of rotatable bonds is 6. The molecular weight excluding hydrogens is 196 g/mol. The Labute approximate surface area is 90.5 Å². The quantitative estimate of drug-likeness (QED) is 0.703. The minimum absolute atomic E-state index is 0.305. The highest BCUT2D eigenvalue weighted by Gasteiger charge is 2.20. The van der Waals surface area contributed by atoms with E-state index in [1.807, 2.05) is 20.8 Å². The van der Waals surface area contributed by atoms with Gasteiger partial charge in [-0.2, -0.15) is 0 Å². The molecule has 5 nitrogen and oxygen atoms in total. The molecule has 5 heteroatoms. The van der Waals surface area contributed by atoms with Gasteiger partial charge in [0.25, 0.3) is 0 Å². The summed E-state index contributed by atoms with van der Waals surface area (Å²) < 4.78 is 0. The van der Waals surface area contributed by atoms with Crippen molar-refractivity contribution in [1.82, 2.24) is 10.2 Å². The van der Waals surface area contributed by atoms with Crippen LogP contribution in [0.1, 0.15) is 33.6 Å². The van der Waals surface area contributed by atoms with Crippen LogP contribution in [-0.4, -0.2) is 41.1 Å². The van der Waals surface area contributed by atoms with Crippen molar-refractivity contribution in [2.45, 2.75) is 39.7 Å². The first kappa shape index (κ1) is 13.7. The lowest BCUT2D eigenvalue weighted by atomic mass is 10.2. The van der Waals surface area contributed by atoms with E-state index in [0.29, 0.717) is 19.5 Å². The van der Waals surface area contributed by atoms with Gasteiger partial charge in [0, 0.05) is 13.1 Å². The predicted octanol–water partition coefficient (Wildman–Crippen LogP) is 1.29. The molecule has 0 radical (unpaired) electrons. The van der Waals surface area contributed by atoms with E-state index >= 15 is 0 Å². The summed E-state index contributed by atoms with van der Waals surface area (Å²) in [6.45, 7) is 6.78. The number of carbonyl (C=O) groups excluding carboxylic acids is 1. The molecule has 0 aliphatic carbocycles. The molecule has 15 heavy (non-hydrogen) atoms. The summed E-state index contributed by atoms with van der Waals surface area (Å²) in [6.07, 6.45) is 1.19. The van der Waals surface area contributed by atoms with Gasteiger partial charge in [0.1, 0.15) is 6.04 Å². The van der Waals surface area contributed by atoms with Gasteiger partial charge in [0.2, 0.25) is 0 Å². The number of carboxylic acids is 1. The van der Waals surface area contributed by atoms with Crippen molar-refractivity contribution >= 4 is 12.0 Å². The summed E-state index contributed by atoms with van der Waals surface area (Å²) in [7, 11) is 0. The number of carbonyl (C=O) groups is 2. The molecule has 0 spiro atoms. The standard InChI is InChI=1S/C10H20N2O3/c1-4-7-8(9(13)14)11-10(15)12(5-2)6-3/h8H,4-7H2,1-3H3,(H,11,15)(H,13,14)/t8-/m1/s1. The molecule has 0 unspecified atom stereocenters. The SMILES string of the molecule is CCC[C@@H](NC(=O)N(CC)CC)C(=O)O. The number of urea groups is 1. The zero-order chi connectivity index (χ0) is 11.8. The maximum Gasteiger partial charge on any atom is 0.326 e. The van der Waals surface area contributed by atoms with Gasteiger partial charge in [-0.25, -0.2) is 9.59 Å². The van der Waals surface area contributed by atoms with Crippen molar-refractivity contribution in [3.63, 3.8) is 0 Å². The first-order chi connectivity index (χ1) is 7.06. The highest BCUT2D eigenvalue weighted by Crippen LogP contribution is 1.98. The van der Waals surface area contributed by atoms with Gasteiger partial charge in [0.15, 0.2) is 0 Å². The zero-order valence-corrected chi connectivity index (χ0v) is 9.62. The summed E-state index contributed by atoms with van der Waals surface area (Å²) in [6, 6.07) is -1.08. The normalized spacial score (nSPS) is 11.9. The van der Waals surface area contributed by atoms with E-state index < -0.39 is 12.0 Å². The number of nitrogens with zero attached hydrogens (tertiary/aromatic N) is 1. The molecule has 0 aromatic carbocycles. The van der Waals surface area contributed by atoms with Gasteiger partial charge < -0.3 is 15.3 Å². The highest BCUT2D eigenvalue weighted by atomic mass is 16.4. The molecule has 1 atom stereocenters. The average molecular weight is 216 g/mol. The lowest BCUT2D eigenvalue weighted by molar-refractivity contribution is -0.139. The van der Waals surface area contributed by atoms with Crippen LogP contribution in [0.5, 0.6) is 0 Å². The number of hydrogen-bond donors (Lipinski definition) is 2. The topological polar surface area (TPSA) is 69.6 Å². The third-order valence-electron chi connectivity index (χ3n) is 2.22. The van der Waals surface area contributed by atoms with Gasteiger partial charge in [0.05, 0.1) is 0 Å². The number of aliphatic carboxylic acids is 1. The molecule has 2 amide bonds. The van der Waals surface area contributed by atoms with Crippen molar-refractivity contribution in [1.29, 1.82) is 0 Å². The molecule has 0 rings (SSSR count). The van der Waals surface area contributed by atoms with E-state index in [1.165, 1.54) is 0 Å². The molecule has 0 aromatic rings. The van der Waals surface area contributed by atoms with Crippen LogP contribution < -0.4 is 5.32 Å². The smallest absolute Gasteiger partial charge is 0.326 e. The number of amides is 2. The van der Waals surface area contributed by atoms with Gasteiger partial charge in [-0.3, -0.25) is 0 Å². The second-order valence-corrected chi connectivity index (χ2v) is 3.30. The summed E-state index contributed by atoms with van der Waals surface area (Å²) in [5, 5.41) is 11.4. The molecule has 88 valence electrons. The summed E-state index contributed by atoms with van der Waals surface area (Å²) in [4.78, 5) is 23.9. The molecule has 0 fully saturated rings. The lowest BCUT2D eigenvalue weighted by Gasteiger charge is -2.22. The van der Waals surface area contributed by atoms with E-state index in [-0.39, 0.29) is 6.03 Å². The Kier molecular flexibility index (Phi) is 6.49. The summed E-state index contributed by atoms with van der Waals surface area (Å²) in [5.41, 5.74) is 0. The van der Waals surface area contributed by atoms with Crippen molar-refractivity contribution < 1.29 is 14.7 Å². The molecule has 0 saturated carbocycles. The Balaban J connectivity index is 4.27. The fourth-order valence-corrected chi connectivity index (χ4v) is 1.30. The maximum absolute atomic E-state index is 11.5. The van der Waals surface area contributed by atoms with E-state index in [0.717, 1.165) is 6.42 Å². The van der Waals surface area contributed by atoms with E-state index in [1.54, 1.807) is 4.90 Å². The Hall–Kier alpha value is -1.26. The Morgan fingerprint density at radius 2 is 1.80 bits per heavy atom. The summed E-state index contributed by atoms with van der Waals surface area (Å²) in [5.74, 6) is -0.975. The third kappa shape index (κ3) is 4.67. The Morgan fingerprint density at radius 3 is 2.13 bits per heavy atom. The summed E-state index contributed by atoms with van der Waals surface area (Å²) >= 11 is 0. The Morgan fingerprint density at radius 1 is 1.27 bits per heavy atom. The van der Waals surface area contributed by atoms with Gasteiger partial charge in [-0.1, -0.05) is 13.3 Å². The molecule has 0 aromatic heterocycles. The van der Waals surface area contributed by atoms with Crippen molar-refractivity contribution in [2.75, 3.05) is 13.1 Å². The molecule has 0 bridgehead atoms. The molecule has 0 aliphatic rings. The van der Waals surface area contributed by atoms with Crippen molar-refractivity contribution in [2.24, 2.45) is 0 Å². The van der Waals surface area contributed by atoms with Crippen LogP contribution in [0.3, 0.4) is 0 Å². The van der Waals surface area contributed by atoms with E-state index in [2.05, 4.69) is 5.32 Å². The van der Waals surface area contributed by atoms with Gasteiger partial charge >= 0.3 is 12.0 Å². The van der Waals surface area contributed by atoms with Crippen LogP contribution in [0.4, 0.5) is 4.79 Å². The van der Waals surface area contributed by atoms with Crippen LogP contribution in [-0.2, 0) is 4.79 Å². The molecule has 0 aliphatic heterocycles. The number of carboxylic acid groups (broad SMARTS) is 1. The van der Waals surface area contributed by atoms with Crippen LogP contribution >= 0.6 is 0 Å². The van der Waals surface area contributed by atoms with E-state index in [9.17, 15) is 9.59 Å². The highest BCUT2D eigenvalue weighted by molar-refractivity contribution is 5.82. The fourth-order valence-electron chi connectivity index (χ4n) is 1.30. The Bertz CT molecular complexity index is 215. The minimum atomic E-state index is -0.975. The first-order valence-electron chi connectivity index (χ1n) is 5.34. The number of hydrogen-bond acceptors (Lipinski definition) is 2. The van der Waals surface area contributed by atoms with Crippen molar-refractivity contribution in [3.05, 3.63) is 0 Å². The monoisotopic (exact) mass is 216 g/mol. The van der Waals surface area contributed by atoms with Crippen LogP contribution in [0.2, 0.25) is 0 Å². The fraction of sp³-hybridized carbons (Fsp3) is 0.800. The molecule has 0 saturated heterocycles. The predicted molar refractivity (Wildman–Crippen MR) is 57.8 cm³/mol. The van der Waals surface area contributed by atoms with Gasteiger partial charge in [-0.15, -0.1) is 0 Å². The second kappa shape index (κ2) is 7.09. The van der Waals surface area contributed by atoms with Crippen LogP contribution in [0.15, 0.2) is 0 Å². The molecule has 0 heterocycles. The first-order valence-corrected chi connectivity index (χ1v) is 5.34. The molecular formula is C10H20N2O3. The van der Waals surface area contributed by atoms with E-state index in [4.69, 9.17) is 5.11 Å². The molecule has 2 N–H and O–H groups in total. The average Bonchev–Trinajstić information content (AvgIpc) is 2.18. The zero-order valence-electron chi connectivity index (χ0n) is 9.62. The van der Waals surface area contributed by atoms with Crippen LogP contribution in [0.25, 0.3) is 0 Å². The second-order valence-electron chi connectivity index (χ2n) is 3.30. The van der Waals surface area contributed by atoms with Gasteiger partial charge in [-0.05, 0) is 20.3 Å².